The molecular formula is C14H19LiO3. The van der Waals surface area contributed by atoms with Crippen molar-refractivity contribution in [1.82, 2.24) is 0 Å². The number of benzene rings is 1. The predicted molar refractivity (Wildman–Crippen MR) is 67.6 cm³/mol. The van der Waals surface area contributed by atoms with Gasteiger partial charge in [0.05, 0.1) is 0 Å². The fourth-order valence-electron chi connectivity index (χ4n) is 1.52. The fraction of sp³-hybridized carbons (Fsp3) is 0.429. The average molecular weight is 242 g/mol. The van der Waals surface area contributed by atoms with Crippen LogP contribution in [-0.2, 0) is 6.42 Å². The number of fused-ring (bicyclic) bond motifs is 1. The second-order valence-electron chi connectivity index (χ2n) is 3.69. The van der Waals surface area contributed by atoms with Crippen LogP contribution in [0.15, 0.2) is 12.1 Å². The molecule has 0 amide bonds. The zero-order valence-electron chi connectivity index (χ0n) is 11.5. The normalized spacial score (nSPS) is 11.1. The van der Waals surface area contributed by atoms with Gasteiger partial charge in [0.25, 0.3) is 0 Å². The van der Waals surface area contributed by atoms with E-state index < -0.39 is 0 Å². The van der Waals surface area contributed by atoms with E-state index in [1.54, 1.807) is 12.1 Å². The molecule has 0 atom stereocenters. The third-order valence-corrected chi connectivity index (χ3v) is 2.51. The molecule has 1 aromatic rings. The van der Waals surface area contributed by atoms with Crippen LogP contribution in [-0.4, -0.2) is 13.1 Å². The molecule has 4 heteroatoms. The molecule has 0 bridgehead atoms. The Morgan fingerprint density at radius 3 is 2.50 bits per heavy atom. The van der Waals surface area contributed by atoms with Gasteiger partial charge < -0.3 is 16.4 Å². The van der Waals surface area contributed by atoms with Crippen LogP contribution >= 0.6 is 0 Å². The van der Waals surface area contributed by atoms with Crippen molar-refractivity contribution in [2.45, 2.75) is 33.1 Å². The first kappa shape index (κ1) is 17.1. The molecule has 0 spiro atoms. The van der Waals surface area contributed by atoms with Gasteiger partial charge in [0.2, 0.25) is 6.79 Å². The molecule has 0 saturated carbocycles. The molecule has 1 aromatic carbocycles. The van der Waals surface area contributed by atoms with Gasteiger partial charge in [0, 0.05) is 11.1 Å². The Balaban J connectivity index is 0.000000512. The zero-order valence-corrected chi connectivity index (χ0v) is 11.5. The Morgan fingerprint density at radius 2 is 2.00 bits per heavy atom. The molecule has 94 valence electrons. The molecule has 0 saturated heterocycles. The molecule has 1 heterocycles. The van der Waals surface area contributed by atoms with Crippen molar-refractivity contribution < 1.29 is 33.1 Å². The van der Waals surface area contributed by atoms with Crippen molar-refractivity contribution in [3.8, 4) is 11.5 Å². The molecule has 3 nitrogen and oxygen atoms in total. The molecule has 0 unspecified atom stereocenters. The van der Waals surface area contributed by atoms with Crippen molar-refractivity contribution in [3.63, 3.8) is 0 Å². The van der Waals surface area contributed by atoms with E-state index in [1.807, 2.05) is 6.92 Å². The van der Waals surface area contributed by atoms with E-state index in [9.17, 15) is 4.79 Å². The van der Waals surface area contributed by atoms with Crippen molar-refractivity contribution in [2.75, 3.05) is 6.79 Å². The molecule has 1 aliphatic heterocycles. The van der Waals surface area contributed by atoms with Gasteiger partial charge in [0.1, 0.15) is 6.29 Å². The third-order valence-electron chi connectivity index (χ3n) is 2.51. The Bertz CT molecular complexity index is 376. The fourth-order valence-corrected chi connectivity index (χ4v) is 1.52. The van der Waals surface area contributed by atoms with Gasteiger partial charge in [-0.2, -0.15) is 6.42 Å². The van der Waals surface area contributed by atoms with Crippen LogP contribution < -0.4 is 28.3 Å². The van der Waals surface area contributed by atoms with Gasteiger partial charge in [-0.1, -0.05) is 20.3 Å². The summed E-state index contributed by atoms with van der Waals surface area (Å²) in [7, 11) is 0. The summed E-state index contributed by atoms with van der Waals surface area (Å²) in [6.45, 7) is 7.97. The van der Waals surface area contributed by atoms with E-state index >= 15 is 0 Å². The van der Waals surface area contributed by atoms with E-state index in [-0.39, 0.29) is 25.7 Å². The van der Waals surface area contributed by atoms with Crippen LogP contribution in [0.5, 0.6) is 11.5 Å². The molecule has 2 rings (SSSR count). The summed E-state index contributed by atoms with van der Waals surface area (Å²) < 4.78 is 10.5. The van der Waals surface area contributed by atoms with Gasteiger partial charge >= 0.3 is 18.9 Å². The van der Waals surface area contributed by atoms with Crippen molar-refractivity contribution in [3.05, 3.63) is 30.2 Å². The SMILES string of the molecule is CCc1c(C=O)ccc2c1OCO2.[CH2-]CCC.[Li+]. The Kier molecular flexibility index (Phi) is 8.62. The minimum atomic E-state index is 0. The Hall–Kier alpha value is -0.913. The summed E-state index contributed by atoms with van der Waals surface area (Å²) in [5, 5.41) is 0. The first-order chi connectivity index (χ1) is 8.28. The molecule has 0 aliphatic carbocycles. The van der Waals surface area contributed by atoms with E-state index in [0.717, 1.165) is 36.2 Å². The smallest absolute Gasteiger partial charge is 0.454 e. The van der Waals surface area contributed by atoms with Gasteiger partial charge in [-0.15, -0.1) is 0 Å². The minimum Gasteiger partial charge on any atom is -0.454 e. The molecule has 1 aliphatic rings. The molecular weight excluding hydrogens is 223 g/mol. The second-order valence-corrected chi connectivity index (χ2v) is 3.69. The molecule has 18 heavy (non-hydrogen) atoms. The number of rotatable bonds is 3. The quantitative estimate of drug-likeness (QED) is 0.437. The summed E-state index contributed by atoms with van der Waals surface area (Å²) in [5.41, 5.74) is 1.62. The first-order valence-electron chi connectivity index (χ1n) is 5.94. The number of aldehydes is 1. The van der Waals surface area contributed by atoms with Crippen LogP contribution in [0, 0.1) is 6.92 Å². The van der Waals surface area contributed by atoms with E-state index in [4.69, 9.17) is 9.47 Å². The van der Waals surface area contributed by atoms with Gasteiger partial charge in [-0.05, 0) is 18.6 Å². The van der Waals surface area contributed by atoms with Crippen LogP contribution in [0.3, 0.4) is 0 Å². The van der Waals surface area contributed by atoms with Crippen LogP contribution in [0.25, 0.3) is 0 Å². The van der Waals surface area contributed by atoms with E-state index in [0.29, 0.717) is 5.56 Å². The molecule has 0 N–H and O–H groups in total. The molecule has 0 fully saturated rings. The van der Waals surface area contributed by atoms with Crippen LogP contribution in [0.2, 0.25) is 0 Å². The predicted octanol–water partition coefficient (Wildman–Crippen LogP) is 0.415. The van der Waals surface area contributed by atoms with Crippen LogP contribution in [0.4, 0.5) is 0 Å². The van der Waals surface area contributed by atoms with Gasteiger partial charge in [-0.3, -0.25) is 4.79 Å². The number of ether oxygens (including phenoxy) is 2. The molecule has 0 aromatic heterocycles. The summed E-state index contributed by atoms with van der Waals surface area (Å²) in [6, 6.07) is 3.53. The maximum Gasteiger partial charge on any atom is 1.00 e. The Labute approximate surface area is 121 Å². The summed E-state index contributed by atoms with van der Waals surface area (Å²) in [5.74, 6) is 1.47. The standard InChI is InChI=1S/C10H10O3.C4H9.Li/c1-2-8-7(5-11)3-4-9-10(8)13-6-12-9;1-3-4-2;/h3-5H,2,6H2,1H3;1,3-4H2,2H3;/q;-1;+1. The van der Waals surface area contributed by atoms with E-state index in [1.165, 1.54) is 6.42 Å². The molecule has 0 radical (unpaired) electrons. The maximum absolute atomic E-state index is 10.7. The largest absolute Gasteiger partial charge is 1.00 e. The van der Waals surface area contributed by atoms with Crippen molar-refractivity contribution in [2.24, 2.45) is 0 Å². The summed E-state index contributed by atoms with van der Waals surface area (Å²) in [6.07, 6.45) is 3.90. The summed E-state index contributed by atoms with van der Waals surface area (Å²) >= 11 is 0. The van der Waals surface area contributed by atoms with Crippen molar-refractivity contribution in [1.29, 1.82) is 0 Å². The third kappa shape index (κ3) is 4.08. The number of hydrogen-bond donors (Lipinski definition) is 0. The first-order valence-corrected chi connectivity index (χ1v) is 5.94. The Morgan fingerprint density at radius 1 is 1.33 bits per heavy atom. The maximum atomic E-state index is 10.7. The number of hydrogen-bond acceptors (Lipinski definition) is 3. The number of unbranched alkanes of at least 4 members (excludes halogenated alkanes) is 1. The topological polar surface area (TPSA) is 35.5 Å². The van der Waals surface area contributed by atoms with Crippen molar-refractivity contribution >= 4 is 6.29 Å². The zero-order chi connectivity index (χ0) is 12.7. The average Bonchev–Trinajstić information content (AvgIpc) is 2.85. The van der Waals surface area contributed by atoms with Gasteiger partial charge in [-0.25, -0.2) is 0 Å². The summed E-state index contributed by atoms with van der Waals surface area (Å²) in [4.78, 5) is 10.7. The minimum absolute atomic E-state index is 0. The monoisotopic (exact) mass is 242 g/mol. The van der Waals surface area contributed by atoms with E-state index in [2.05, 4.69) is 13.8 Å². The van der Waals surface area contributed by atoms with Gasteiger partial charge in [0.15, 0.2) is 11.5 Å². The van der Waals surface area contributed by atoms with Crippen LogP contribution in [0.1, 0.15) is 42.6 Å². The second kappa shape index (κ2) is 9.08. The number of carbonyl (C=O) groups excluding carboxylic acids is 1. The number of carbonyl (C=O) groups is 1.